The van der Waals surface area contributed by atoms with Crippen molar-refractivity contribution in [3.63, 3.8) is 0 Å². The van der Waals surface area contributed by atoms with Crippen LogP contribution in [0.1, 0.15) is 18.1 Å². The number of hydrazone groups is 1. The largest absolute Gasteiger partial charge is 0.493 e. The van der Waals surface area contributed by atoms with E-state index in [9.17, 15) is 9.59 Å². The van der Waals surface area contributed by atoms with Gasteiger partial charge in [-0.3, -0.25) is 4.79 Å². The van der Waals surface area contributed by atoms with Crippen LogP contribution < -0.4 is 14.8 Å². The van der Waals surface area contributed by atoms with Gasteiger partial charge >= 0.3 is 6.03 Å². The minimum Gasteiger partial charge on any atom is -0.493 e. The first kappa shape index (κ1) is 20.2. The molecule has 7 nitrogen and oxygen atoms in total. The molecule has 1 N–H and O–H groups in total. The lowest BCUT2D eigenvalue weighted by atomic mass is 9.92. The normalized spacial score (nSPS) is 18.6. The lowest BCUT2D eigenvalue weighted by Crippen LogP contribution is -2.40. The second-order valence-electron chi connectivity index (χ2n) is 6.31. The third-order valence-corrected chi connectivity index (χ3v) is 4.68. The van der Waals surface area contributed by atoms with Crippen LogP contribution in [0, 0.1) is 12.3 Å². The Morgan fingerprint density at radius 1 is 1.31 bits per heavy atom. The van der Waals surface area contributed by atoms with Gasteiger partial charge in [-0.15, -0.1) is 11.4 Å². The van der Waals surface area contributed by atoms with Crippen molar-refractivity contribution in [3.05, 3.63) is 58.6 Å². The Balaban J connectivity index is 1.86. The summed E-state index contributed by atoms with van der Waals surface area (Å²) in [7, 11) is 1.46. The van der Waals surface area contributed by atoms with Gasteiger partial charge in [0, 0.05) is 0 Å². The molecule has 29 heavy (non-hydrogen) atoms. The molecule has 3 amide bonds. The Labute approximate surface area is 173 Å². The van der Waals surface area contributed by atoms with Crippen LogP contribution in [0.15, 0.2) is 47.6 Å². The summed E-state index contributed by atoms with van der Waals surface area (Å²) < 4.78 is 10.7. The second-order valence-corrected chi connectivity index (χ2v) is 6.72. The molecule has 1 saturated heterocycles. The van der Waals surface area contributed by atoms with Crippen molar-refractivity contribution < 1.29 is 19.1 Å². The SMILES string of the molecule is C#CCOc1c(Cl)cc(/C=N\N2C(=O)N[C@@](C)(c3ccccc3)C2=O)cc1OC. The lowest BCUT2D eigenvalue weighted by Gasteiger charge is -2.20. The summed E-state index contributed by atoms with van der Waals surface area (Å²) in [5.74, 6) is 2.51. The van der Waals surface area contributed by atoms with Gasteiger partial charge < -0.3 is 14.8 Å². The number of methoxy groups -OCH3 is 1. The van der Waals surface area contributed by atoms with E-state index in [-0.39, 0.29) is 11.6 Å². The van der Waals surface area contributed by atoms with E-state index < -0.39 is 17.5 Å². The number of carbonyl (C=O) groups excluding carboxylic acids is 2. The number of ether oxygens (including phenoxy) is 2. The van der Waals surface area contributed by atoms with Gasteiger partial charge in [-0.25, -0.2) is 4.79 Å². The van der Waals surface area contributed by atoms with E-state index in [0.29, 0.717) is 22.6 Å². The van der Waals surface area contributed by atoms with Crippen molar-refractivity contribution in [3.8, 4) is 23.8 Å². The molecule has 8 heteroatoms. The van der Waals surface area contributed by atoms with Crippen LogP contribution in [0.25, 0.3) is 0 Å². The first-order valence-corrected chi connectivity index (χ1v) is 8.98. The molecule has 148 valence electrons. The Hall–Kier alpha value is -3.50. The van der Waals surface area contributed by atoms with Crippen LogP contribution in [0.5, 0.6) is 11.5 Å². The topological polar surface area (TPSA) is 80.2 Å². The summed E-state index contributed by atoms with van der Waals surface area (Å²) in [4.78, 5) is 25.2. The average Bonchev–Trinajstić information content (AvgIpc) is 2.95. The Morgan fingerprint density at radius 2 is 2.03 bits per heavy atom. The molecule has 0 unspecified atom stereocenters. The zero-order chi connectivity index (χ0) is 21.0. The minimum atomic E-state index is -1.20. The molecule has 1 aliphatic heterocycles. The van der Waals surface area contributed by atoms with Gasteiger partial charge in [-0.05, 0) is 30.2 Å². The van der Waals surface area contributed by atoms with E-state index in [1.165, 1.54) is 13.3 Å². The molecule has 1 aliphatic rings. The predicted octanol–water partition coefficient (Wildman–Crippen LogP) is 3.16. The average molecular weight is 412 g/mol. The summed E-state index contributed by atoms with van der Waals surface area (Å²) in [5.41, 5.74) is -0.0256. The number of nitrogens with one attached hydrogen (secondary N) is 1. The first-order chi connectivity index (χ1) is 13.9. The Morgan fingerprint density at radius 3 is 2.69 bits per heavy atom. The van der Waals surface area contributed by atoms with Crippen molar-refractivity contribution in [2.45, 2.75) is 12.5 Å². The molecule has 0 aromatic heterocycles. The quantitative estimate of drug-likeness (QED) is 0.450. The fraction of sp³-hybridized carbons (Fsp3) is 0.190. The number of terminal acetylenes is 1. The van der Waals surface area contributed by atoms with Crippen LogP contribution in [0.4, 0.5) is 4.79 Å². The van der Waals surface area contributed by atoms with Crippen molar-refractivity contribution in [2.24, 2.45) is 5.10 Å². The molecule has 1 heterocycles. The third-order valence-electron chi connectivity index (χ3n) is 4.39. The van der Waals surface area contributed by atoms with Crippen molar-refractivity contribution in [1.29, 1.82) is 0 Å². The van der Waals surface area contributed by atoms with Gasteiger partial charge in [-0.1, -0.05) is 47.9 Å². The van der Waals surface area contributed by atoms with Crippen LogP contribution in [-0.2, 0) is 10.3 Å². The number of rotatable bonds is 6. The highest BCUT2D eigenvalue weighted by Gasteiger charge is 2.49. The van der Waals surface area contributed by atoms with Crippen molar-refractivity contribution in [1.82, 2.24) is 10.3 Å². The molecule has 0 spiro atoms. The van der Waals surface area contributed by atoms with Crippen LogP contribution in [0.3, 0.4) is 0 Å². The number of amides is 3. The summed E-state index contributed by atoms with van der Waals surface area (Å²) in [5, 5.41) is 7.77. The molecule has 2 aromatic carbocycles. The summed E-state index contributed by atoms with van der Waals surface area (Å²) >= 11 is 6.23. The van der Waals surface area contributed by atoms with E-state index in [2.05, 4.69) is 16.3 Å². The molecule has 0 saturated carbocycles. The van der Waals surface area contributed by atoms with E-state index in [1.54, 1.807) is 43.3 Å². The minimum absolute atomic E-state index is 0.0318. The Kier molecular flexibility index (Phi) is 5.76. The van der Waals surface area contributed by atoms with Crippen LogP contribution in [-0.4, -0.2) is 36.9 Å². The molecular weight excluding hydrogens is 394 g/mol. The number of imide groups is 1. The fourth-order valence-electron chi connectivity index (χ4n) is 2.89. The highest BCUT2D eigenvalue weighted by Crippen LogP contribution is 2.36. The highest BCUT2D eigenvalue weighted by atomic mass is 35.5. The Bertz CT molecular complexity index is 1020. The van der Waals surface area contributed by atoms with Crippen molar-refractivity contribution in [2.75, 3.05) is 13.7 Å². The summed E-state index contributed by atoms with van der Waals surface area (Å²) in [6.45, 7) is 1.67. The molecule has 1 fully saturated rings. The van der Waals surface area contributed by atoms with Gasteiger partial charge in [0.1, 0.15) is 12.1 Å². The zero-order valence-electron chi connectivity index (χ0n) is 15.8. The number of hydrogen-bond acceptors (Lipinski definition) is 5. The van der Waals surface area contributed by atoms with E-state index in [0.717, 1.165) is 5.01 Å². The standard InChI is InChI=1S/C21H18ClN3O4/c1-4-10-29-18-16(22)11-14(12-17(18)28-3)13-23-25-19(26)21(2,24-20(25)27)15-8-6-5-7-9-15/h1,5-9,11-13H,10H2,2-3H3,(H,24,27)/b23-13-/t21-/m0/s1. The van der Waals surface area contributed by atoms with Gasteiger partial charge in [0.15, 0.2) is 11.5 Å². The molecular formula is C21H18ClN3O4. The smallest absolute Gasteiger partial charge is 0.346 e. The third kappa shape index (κ3) is 3.89. The van der Waals surface area contributed by atoms with Crippen LogP contribution >= 0.6 is 11.6 Å². The predicted molar refractivity (Wildman–Crippen MR) is 109 cm³/mol. The van der Waals surface area contributed by atoms with E-state index in [1.807, 2.05) is 6.07 Å². The highest BCUT2D eigenvalue weighted by molar-refractivity contribution is 6.32. The maximum Gasteiger partial charge on any atom is 0.346 e. The number of benzene rings is 2. The van der Waals surface area contributed by atoms with E-state index in [4.69, 9.17) is 27.5 Å². The van der Waals surface area contributed by atoms with E-state index >= 15 is 0 Å². The first-order valence-electron chi connectivity index (χ1n) is 8.60. The second kappa shape index (κ2) is 8.25. The number of nitrogens with zero attached hydrogens (tertiary/aromatic N) is 2. The van der Waals surface area contributed by atoms with Gasteiger partial charge in [0.2, 0.25) is 0 Å². The molecule has 0 radical (unpaired) electrons. The van der Waals surface area contributed by atoms with Gasteiger partial charge in [0.05, 0.1) is 18.3 Å². The zero-order valence-corrected chi connectivity index (χ0v) is 16.6. The molecule has 0 bridgehead atoms. The molecule has 0 aliphatic carbocycles. The molecule has 2 aromatic rings. The monoisotopic (exact) mass is 411 g/mol. The number of carbonyl (C=O) groups is 2. The number of urea groups is 1. The van der Waals surface area contributed by atoms with Gasteiger partial charge in [0.25, 0.3) is 5.91 Å². The summed E-state index contributed by atoms with van der Waals surface area (Å²) in [6, 6.07) is 11.5. The number of hydrogen-bond donors (Lipinski definition) is 1. The van der Waals surface area contributed by atoms with Gasteiger partial charge in [-0.2, -0.15) is 5.10 Å². The maximum atomic E-state index is 12.9. The molecule has 1 atom stereocenters. The maximum absolute atomic E-state index is 12.9. The fourth-order valence-corrected chi connectivity index (χ4v) is 3.16. The molecule has 3 rings (SSSR count). The summed E-state index contributed by atoms with van der Waals surface area (Å²) in [6.07, 6.45) is 6.54. The van der Waals surface area contributed by atoms with Crippen LogP contribution in [0.2, 0.25) is 5.02 Å². The lowest BCUT2D eigenvalue weighted by molar-refractivity contribution is -0.131. The number of halogens is 1. The van der Waals surface area contributed by atoms with Crippen molar-refractivity contribution >= 4 is 29.8 Å².